The molecule has 1 unspecified atom stereocenters. The van der Waals surface area contributed by atoms with E-state index in [-0.39, 0.29) is 11.5 Å². The lowest BCUT2D eigenvalue weighted by atomic mass is 10.0. The molecule has 0 radical (unpaired) electrons. The molecule has 3 rings (SSSR count). The Morgan fingerprint density at radius 2 is 2.12 bits per heavy atom. The van der Waals surface area contributed by atoms with Gasteiger partial charge in [-0.3, -0.25) is 0 Å². The Hall–Kier alpha value is -1.68. The van der Waals surface area contributed by atoms with Crippen molar-refractivity contribution in [3.63, 3.8) is 0 Å². The first-order valence-corrected chi connectivity index (χ1v) is 9.43. The van der Waals surface area contributed by atoms with Gasteiger partial charge in [0.15, 0.2) is 5.72 Å². The minimum Gasteiger partial charge on any atom is -0.497 e. The van der Waals surface area contributed by atoms with Crippen molar-refractivity contribution in [1.29, 1.82) is 0 Å². The quantitative estimate of drug-likeness (QED) is 0.548. The van der Waals surface area contributed by atoms with Gasteiger partial charge < -0.3 is 18.9 Å². The summed E-state index contributed by atoms with van der Waals surface area (Å²) in [6.07, 6.45) is -0.300. The van der Waals surface area contributed by atoms with Crippen LogP contribution in [0.2, 0.25) is 0 Å². The van der Waals surface area contributed by atoms with E-state index in [2.05, 4.69) is 0 Å². The van der Waals surface area contributed by atoms with Crippen LogP contribution in [0.5, 0.6) is 5.75 Å². The lowest BCUT2D eigenvalue weighted by molar-refractivity contribution is -0.245. The number of carbonyl (C=O) groups is 1. The largest absolute Gasteiger partial charge is 0.497 e. The third kappa shape index (κ3) is 2.71. The first kappa shape index (κ1) is 18.1. The van der Waals surface area contributed by atoms with E-state index in [1.807, 2.05) is 0 Å². The number of nitrogens with zero attached hydrogens (tertiary/aromatic N) is 1. The van der Waals surface area contributed by atoms with E-state index in [0.717, 1.165) is 0 Å². The van der Waals surface area contributed by atoms with Gasteiger partial charge in [0, 0.05) is 18.7 Å². The fourth-order valence-electron chi connectivity index (χ4n) is 3.39. The Morgan fingerprint density at radius 3 is 2.76 bits per heavy atom. The number of fused-ring (bicyclic) bond motifs is 3. The van der Waals surface area contributed by atoms with E-state index in [1.54, 1.807) is 19.1 Å². The van der Waals surface area contributed by atoms with Crippen molar-refractivity contribution in [3.05, 3.63) is 23.8 Å². The van der Waals surface area contributed by atoms with Crippen molar-refractivity contribution in [3.8, 4) is 5.75 Å². The molecule has 1 aromatic rings. The predicted molar refractivity (Wildman–Crippen MR) is 86.3 cm³/mol. The zero-order valence-electron chi connectivity index (χ0n) is 14.4. The van der Waals surface area contributed by atoms with Crippen molar-refractivity contribution >= 4 is 16.0 Å². The zero-order valence-corrected chi connectivity index (χ0v) is 15.2. The van der Waals surface area contributed by atoms with Gasteiger partial charge in [0.05, 0.1) is 19.1 Å². The molecule has 0 amide bonds. The SMILES string of the molecule is CCOC(O[C@@]12CCCN1S(=O)(=O)c1ccc(OC)cc12)C(=O)OC. The fourth-order valence-corrected chi connectivity index (χ4v) is 5.36. The normalized spacial score (nSPS) is 25.2. The maximum absolute atomic E-state index is 12.9. The summed E-state index contributed by atoms with van der Waals surface area (Å²) in [4.78, 5) is 12.2. The Kier molecular flexibility index (Phi) is 4.76. The maximum Gasteiger partial charge on any atom is 0.363 e. The fraction of sp³-hybridized carbons (Fsp3) is 0.562. The van der Waals surface area contributed by atoms with E-state index in [4.69, 9.17) is 18.9 Å². The van der Waals surface area contributed by atoms with Crippen LogP contribution in [0.25, 0.3) is 0 Å². The lowest BCUT2D eigenvalue weighted by Crippen LogP contribution is -2.46. The van der Waals surface area contributed by atoms with Gasteiger partial charge in [-0.15, -0.1) is 0 Å². The van der Waals surface area contributed by atoms with E-state index in [1.165, 1.54) is 24.6 Å². The van der Waals surface area contributed by atoms with Gasteiger partial charge in [0.25, 0.3) is 6.29 Å². The second kappa shape index (κ2) is 6.56. The third-order valence-corrected chi connectivity index (χ3v) is 6.44. The summed E-state index contributed by atoms with van der Waals surface area (Å²) in [5.74, 6) is -0.200. The van der Waals surface area contributed by atoms with Crippen LogP contribution in [0.4, 0.5) is 0 Å². The number of carbonyl (C=O) groups excluding carboxylic acids is 1. The molecule has 2 aliphatic rings. The van der Waals surface area contributed by atoms with Gasteiger partial charge in [-0.25, -0.2) is 13.2 Å². The summed E-state index contributed by atoms with van der Waals surface area (Å²) in [6.45, 7) is 2.23. The summed E-state index contributed by atoms with van der Waals surface area (Å²) < 4.78 is 48.4. The molecule has 2 heterocycles. The Balaban J connectivity index is 2.11. The smallest absolute Gasteiger partial charge is 0.363 e. The molecule has 9 heteroatoms. The molecule has 0 N–H and O–H groups in total. The molecule has 2 aliphatic heterocycles. The molecule has 1 fully saturated rings. The minimum atomic E-state index is -3.71. The highest BCUT2D eigenvalue weighted by Gasteiger charge is 2.59. The number of esters is 1. The molecular weight excluding hydrogens is 350 g/mol. The molecule has 2 atom stereocenters. The van der Waals surface area contributed by atoms with Crippen LogP contribution in [-0.2, 0) is 34.8 Å². The van der Waals surface area contributed by atoms with Crippen LogP contribution in [0.3, 0.4) is 0 Å². The van der Waals surface area contributed by atoms with Gasteiger partial charge in [-0.05, 0) is 38.0 Å². The van der Waals surface area contributed by atoms with Crippen molar-refractivity contribution in [1.82, 2.24) is 4.31 Å². The Morgan fingerprint density at radius 1 is 1.36 bits per heavy atom. The molecular formula is C16H21NO7S. The zero-order chi connectivity index (χ0) is 18.2. The predicted octanol–water partition coefficient (Wildman–Crippen LogP) is 1.20. The molecule has 25 heavy (non-hydrogen) atoms. The molecule has 1 saturated heterocycles. The molecule has 138 valence electrons. The van der Waals surface area contributed by atoms with Crippen LogP contribution in [0, 0.1) is 0 Å². The second-order valence-electron chi connectivity index (χ2n) is 5.76. The summed E-state index contributed by atoms with van der Waals surface area (Å²) in [6, 6.07) is 4.73. The minimum absolute atomic E-state index is 0.160. The van der Waals surface area contributed by atoms with Crippen LogP contribution >= 0.6 is 0 Å². The van der Waals surface area contributed by atoms with E-state index < -0.39 is 28.0 Å². The number of benzene rings is 1. The molecule has 0 spiro atoms. The van der Waals surface area contributed by atoms with Crippen molar-refractivity contribution in [2.75, 3.05) is 27.4 Å². The third-order valence-electron chi connectivity index (χ3n) is 4.47. The number of hydrogen-bond acceptors (Lipinski definition) is 7. The number of rotatable bonds is 6. The van der Waals surface area contributed by atoms with Crippen LogP contribution < -0.4 is 4.74 Å². The molecule has 8 nitrogen and oxygen atoms in total. The number of sulfonamides is 1. The first-order chi connectivity index (χ1) is 11.9. The molecule has 0 saturated carbocycles. The molecule has 1 aromatic carbocycles. The van der Waals surface area contributed by atoms with Gasteiger partial charge in [0.1, 0.15) is 5.75 Å². The van der Waals surface area contributed by atoms with Crippen molar-refractivity contribution in [2.45, 2.75) is 36.7 Å². The van der Waals surface area contributed by atoms with Gasteiger partial charge >= 0.3 is 5.97 Å². The standard InChI is InChI=1S/C16H21NO7S/c1-4-23-15(14(18)22-3)24-16-8-5-9-17(16)25(19,20)13-7-6-11(21-2)10-12(13)16/h6-7,10,15H,4-5,8-9H2,1-3H3/t15?,16-/m1/s1. The molecule has 0 aliphatic carbocycles. The van der Waals surface area contributed by atoms with E-state index in [0.29, 0.717) is 30.7 Å². The summed E-state index contributed by atoms with van der Waals surface area (Å²) in [7, 11) is -0.986. The van der Waals surface area contributed by atoms with Crippen molar-refractivity contribution < 1.29 is 32.2 Å². The number of methoxy groups -OCH3 is 2. The average molecular weight is 371 g/mol. The Bertz CT molecular complexity index is 779. The number of hydrogen-bond donors (Lipinski definition) is 0. The topological polar surface area (TPSA) is 91.4 Å². The highest BCUT2D eigenvalue weighted by Crippen LogP contribution is 2.52. The van der Waals surface area contributed by atoms with Crippen LogP contribution in [0.1, 0.15) is 25.3 Å². The van der Waals surface area contributed by atoms with Gasteiger partial charge in [-0.2, -0.15) is 4.31 Å². The van der Waals surface area contributed by atoms with E-state index >= 15 is 0 Å². The molecule has 0 aromatic heterocycles. The highest BCUT2D eigenvalue weighted by molar-refractivity contribution is 7.89. The summed E-state index contributed by atoms with van der Waals surface area (Å²) >= 11 is 0. The second-order valence-corrected chi connectivity index (χ2v) is 7.59. The van der Waals surface area contributed by atoms with Crippen LogP contribution in [-0.4, -0.2) is 52.4 Å². The monoisotopic (exact) mass is 371 g/mol. The summed E-state index contributed by atoms with van der Waals surface area (Å²) in [5.41, 5.74) is -0.838. The van der Waals surface area contributed by atoms with Crippen LogP contribution in [0.15, 0.2) is 23.1 Å². The first-order valence-electron chi connectivity index (χ1n) is 7.99. The molecule has 0 bridgehead atoms. The van der Waals surface area contributed by atoms with Gasteiger partial charge in [-0.1, -0.05) is 0 Å². The van der Waals surface area contributed by atoms with Crippen molar-refractivity contribution in [2.24, 2.45) is 0 Å². The average Bonchev–Trinajstić information content (AvgIpc) is 3.11. The maximum atomic E-state index is 12.9. The lowest BCUT2D eigenvalue weighted by Gasteiger charge is -2.34. The highest BCUT2D eigenvalue weighted by atomic mass is 32.2. The summed E-state index contributed by atoms with van der Waals surface area (Å²) in [5, 5.41) is 0. The van der Waals surface area contributed by atoms with E-state index in [9.17, 15) is 13.2 Å². The Labute approximate surface area is 146 Å². The number of ether oxygens (including phenoxy) is 4. The van der Waals surface area contributed by atoms with Gasteiger partial charge in [0.2, 0.25) is 10.0 Å².